The first-order valence-electron chi connectivity index (χ1n) is 12.4. The van der Waals surface area contributed by atoms with E-state index in [9.17, 15) is 5.11 Å². The van der Waals surface area contributed by atoms with Gasteiger partial charge in [0.05, 0.1) is 0 Å². The van der Waals surface area contributed by atoms with Crippen molar-refractivity contribution >= 4 is 31.9 Å². The summed E-state index contributed by atoms with van der Waals surface area (Å²) in [6.07, 6.45) is 0. The Morgan fingerprint density at radius 1 is 0.568 bits per heavy atom. The Balaban J connectivity index is 1.57. The molecule has 1 aliphatic carbocycles. The van der Waals surface area contributed by atoms with Crippen molar-refractivity contribution in [2.45, 2.75) is 24.9 Å². The fraction of sp³-hybridized carbons (Fsp3) is 0.118. The molecule has 0 radical (unpaired) electrons. The van der Waals surface area contributed by atoms with Gasteiger partial charge in [-0.25, -0.2) is 0 Å². The summed E-state index contributed by atoms with van der Waals surface area (Å²) in [7, 11) is 0. The van der Waals surface area contributed by atoms with Gasteiger partial charge in [-0.3, -0.25) is 0 Å². The molecule has 1 nitrogen and oxygen atoms in total. The Kier molecular flexibility index (Phi) is 5.99. The Labute approximate surface area is 235 Å². The van der Waals surface area contributed by atoms with Gasteiger partial charge in [-0.15, -0.1) is 0 Å². The smallest absolute Gasteiger partial charge is 0.141 e. The van der Waals surface area contributed by atoms with Gasteiger partial charge in [-0.2, -0.15) is 0 Å². The molecular formula is C34H26Br2O. The highest BCUT2D eigenvalue weighted by Crippen LogP contribution is 2.50. The molecule has 5 aromatic carbocycles. The zero-order valence-corrected chi connectivity index (χ0v) is 23.8. The topological polar surface area (TPSA) is 20.2 Å². The van der Waals surface area contributed by atoms with E-state index in [2.05, 4.69) is 100 Å². The molecule has 0 unspecified atom stereocenters. The standard InChI is InChI=1S/C34H26Br2O/c1-33(2)30-9-5-4-8-28(30)29-20-11-22(21-32(29)33)27-7-3-6-10-31(27)34(37,23-12-16-25(35)17-13-23)24-14-18-26(36)19-15-24/h3-21,37H,1-2H3. The first kappa shape index (κ1) is 24.4. The molecule has 5 aromatic rings. The molecule has 0 heterocycles. The first-order valence-corrected chi connectivity index (χ1v) is 14.0. The summed E-state index contributed by atoms with van der Waals surface area (Å²) in [6, 6.07) is 39.6. The first-order chi connectivity index (χ1) is 17.8. The van der Waals surface area contributed by atoms with Crippen LogP contribution in [0.5, 0.6) is 0 Å². The maximum absolute atomic E-state index is 12.7. The zero-order valence-electron chi connectivity index (χ0n) is 20.7. The van der Waals surface area contributed by atoms with Crippen LogP contribution in [0.15, 0.2) is 124 Å². The molecule has 1 N–H and O–H groups in total. The lowest BCUT2D eigenvalue weighted by Gasteiger charge is -2.32. The van der Waals surface area contributed by atoms with E-state index in [4.69, 9.17) is 0 Å². The highest BCUT2D eigenvalue weighted by atomic mass is 79.9. The molecule has 0 fully saturated rings. The predicted octanol–water partition coefficient (Wildman–Crippen LogP) is 9.47. The maximum Gasteiger partial charge on any atom is 0.141 e. The number of rotatable bonds is 4. The fourth-order valence-corrected chi connectivity index (χ4v) is 6.31. The van der Waals surface area contributed by atoms with Gasteiger partial charge in [-0.05, 0) is 74.8 Å². The summed E-state index contributed by atoms with van der Waals surface area (Å²) in [5, 5.41) is 12.7. The number of halogens is 2. The van der Waals surface area contributed by atoms with Gasteiger partial charge < -0.3 is 5.11 Å². The molecule has 0 aliphatic heterocycles. The van der Waals surface area contributed by atoms with Crippen LogP contribution < -0.4 is 0 Å². The molecule has 0 atom stereocenters. The van der Waals surface area contributed by atoms with E-state index >= 15 is 0 Å². The van der Waals surface area contributed by atoms with Crippen LogP contribution in [0.1, 0.15) is 41.7 Å². The van der Waals surface area contributed by atoms with Crippen LogP contribution in [0, 0.1) is 0 Å². The molecule has 0 bridgehead atoms. The van der Waals surface area contributed by atoms with Gasteiger partial charge >= 0.3 is 0 Å². The summed E-state index contributed by atoms with van der Waals surface area (Å²) in [4.78, 5) is 0. The molecule has 0 spiro atoms. The van der Waals surface area contributed by atoms with Gasteiger partial charge in [-0.1, -0.05) is 131 Å². The monoisotopic (exact) mass is 608 g/mol. The lowest BCUT2D eigenvalue weighted by Crippen LogP contribution is -2.29. The molecule has 3 heteroatoms. The van der Waals surface area contributed by atoms with E-state index in [1.807, 2.05) is 60.7 Å². The van der Waals surface area contributed by atoms with Gasteiger partial charge in [0.1, 0.15) is 5.60 Å². The van der Waals surface area contributed by atoms with E-state index in [1.54, 1.807) is 0 Å². The minimum atomic E-state index is -1.34. The molecule has 0 aromatic heterocycles. The van der Waals surface area contributed by atoms with Crippen LogP contribution in [0.3, 0.4) is 0 Å². The van der Waals surface area contributed by atoms with Crippen LogP contribution >= 0.6 is 31.9 Å². The Morgan fingerprint density at radius 3 is 1.70 bits per heavy atom. The lowest BCUT2D eigenvalue weighted by atomic mass is 9.76. The predicted molar refractivity (Wildman–Crippen MR) is 160 cm³/mol. The van der Waals surface area contributed by atoms with Crippen LogP contribution in [0.4, 0.5) is 0 Å². The van der Waals surface area contributed by atoms with Crippen LogP contribution in [0.25, 0.3) is 22.3 Å². The second kappa shape index (κ2) is 9.09. The maximum atomic E-state index is 12.7. The van der Waals surface area contributed by atoms with E-state index < -0.39 is 5.60 Å². The fourth-order valence-electron chi connectivity index (χ4n) is 5.78. The number of benzene rings is 5. The summed E-state index contributed by atoms with van der Waals surface area (Å²) < 4.78 is 1.95. The Bertz CT molecular complexity index is 1570. The molecule has 0 amide bonds. The minimum absolute atomic E-state index is 0.0927. The zero-order chi connectivity index (χ0) is 25.8. The molecular weight excluding hydrogens is 584 g/mol. The highest BCUT2D eigenvalue weighted by Gasteiger charge is 2.38. The van der Waals surface area contributed by atoms with E-state index in [1.165, 1.54) is 22.3 Å². The van der Waals surface area contributed by atoms with Crippen molar-refractivity contribution in [3.63, 3.8) is 0 Å². The van der Waals surface area contributed by atoms with E-state index in [0.29, 0.717) is 0 Å². The molecule has 1 aliphatic rings. The normalized spacial score (nSPS) is 13.8. The van der Waals surface area contributed by atoms with Crippen molar-refractivity contribution in [2.75, 3.05) is 0 Å². The molecule has 37 heavy (non-hydrogen) atoms. The average Bonchev–Trinajstić information content (AvgIpc) is 3.15. The van der Waals surface area contributed by atoms with Gasteiger partial charge in [0, 0.05) is 19.9 Å². The second-order valence-electron chi connectivity index (χ2n) is 10.2. The van der Waals surface area contributed by atoms with Crippen molar-refractivity contribution in [1.29, 1.82) is 0 Å². The number of fused-ring (bicyclic) bond motifs is 3. The molecule has 6 rings (SSSR count). The minimum Gasteiger partial charge on any atom is -0.376 e. The third-order valence-electron chi connectivity index (χ3n) is 7.74. The van der Waals surface area contributed by atoms with Crippen molar-refractivity contribution in [3.05, 3.63) is 152 Å². The third-order valence-corrected chi connectivity index (χ3v) is 8.79. The molecule has 0 saturated heterocycles. The highest BCUT2D eigenvalue weighted by molar-refractivity contribution is 9.10. The second-order valence-corrected chi connectivity index (χ2v) is 12.0. The number of aliphatic hydroxyl groups is 1. The van der Waals surface area contributed by atoms with E-state index in [-0.39, 0.29) is 5.41 Å². The molecule has 182 valence electrons. The Hall–Kier alpha value is -2.98. The van der Waals surface area contributed by atoms with Crippen molar-refractivity contribution < 1.29 is 5.11 Å². The van der Waals surface area contributed by atoms with Crippen LogP contribution in [-0.2, 0) is 11.0 Å². The van der Waals surface area contributed by atoms with Crippen molar-refractivity contribution in [3.8, 4) is 22.3 Å². The Morgan fingerprint density at radius 2 is 1.08 bits per heavy atom. The summed E-state index contributed by atoms with van der Waals surface area (Å²) in [6.45, 7) is 4.60. The van der Waals surface area contributed by atoms with Crippen LogP contribution in [0.2, 0.25) is 0 Å². The lowest BCUT2D eigenvalue weighted by molar-refractivity contribution is 0.126. The summed E-state index contributed by atoms with van der Waals surface area (Å²) in [5.74, 6) is 0. The van der Waals surface area contributed by atoms with Gasteiger partial charge in [0.25, 0.3) is 0 Å². The van der Waals surface area contributed by atoms with E-state index in [0.717, 1.165) is 36.8 Å². The summed E-state index contributed by atoms with van der Waals surface area (Å²) >= 11 is 7.10. The SMILES string of the molecule is CC1(C)c2ccccc2-c2ccc(-c3ccccc3C(O)(c3ccc(Br)cc3)c3ccc(Br)cc3)cc21. The van der Waals surface area contributed by atoms with Crippen molar-refractivity contribution in [1.82, 2.24) is 0 Å². The molecule has 0 saturated carbocycles. The number of hydrogen-bond acceptors (Lipinski definition) is 1. The van der Waals surface area contributed by atoms with Crippen molar-refractivity contribution in [2.24, 2.45) is 0 Å². The van der Waals surface area contributed by atoms with Crippen LogP contribution in [-0.4, -0.2) is 5.11 Å². The van der Waals surface area contributed by atoms with Gasteiger partial charge in [0.15, 0.2) is 0 Å². The average molecular weight is 610 g/mol. The quantitative estimate of drug-likeness (QED) is 0.201. The third kappa shape index (κ3) is 3.92. The number of hydrogen-bond donors (Lipinski definition) is 1. The van der Waals surface area contributed by atoms with Gasteiger partial charge in [0.2, 0.25) is 0 Å². The summed E-state index contributed by atoms with van der Waals surface area (Å²) in [5.41, 5.74) is 8.45. The largest absolute Gasteiger partial charge is 0.376 e.